The van der Waals surface area contributed by atoms with Gasteiger partial charge in [-0.1, -0.05) is 18.2 Å². The molecule has 3 aromatic rings. The lowest BCUT2D eigenvalue weighted by atomic mass is 10.2. The number of aromatic nitrogens is 1. The first-order valence-electron chi connectivity index (χ1n) is 6.44. The normalized spacial score (nSPS) is 10.7. The van der Waals surface area contributed by atoms with Gasteiger partial charge in [-0.2, -0.15) is 0 Å². The maximum Gasteiger partial charge on any atom is 0.371 e. The van der Waals surface area contributed by atoms with Crippen molar-refractivity contribution in [2.75, 3.05) is 0 Å². The smallest absolute Gasteiger partial charge is 0.371 e. The number of furan rings is 1. The van der Waals surface area contributed by atoms with Gasteiger partial charge in [0, 0.05) is 11.1 Å². The maximum absolute atomic E-state index is 10.8. The molecule has 0 aliphatic carbocycles. The molecular weight excluding hydrogens is 270 g/mol. The Morgan fingerprint density at radius 1 is 1.24 bits per heavy atom. The number of carbonyl (C=O) groups is 1. The Labute approximate surface area is 120 Å². The molecule has 3 rings (SSSR count). The van der Waals surface area contributed by atoms with Crippen LogP contribution in [-0.4, -0.2) is 16.1 Å². The zero-order valence-corrected chi connectivity index (χ0v) is 11.4. The van der Waals surface area contributed by atoms with Crippen molar-refractivity contribution in [2.24, 2.45) is 0 Å². The van der Waals surface area contributed by atoms with Crippen molar-refractivity contribution in [1.29, 1.82) is 0 Å². The van der Waals surface area contributed by atoms with E-state index in [-0.39, 0.29) is 12.4 Å². The summed E-state index contributed by atoms with van der Waals surface area (Å²) in [6.07, 6.45) is 0. The molecular formula is C16H13NO4. The lowest BCUT2D eigenvalue weighted by Crippen LogP contribution is -1.97. The van der Waals surface area contributed by atoms with Gasteiger partial charge in [0.2, 0.25) is 5.76 Å². The number of rotatable bonds is 4. The van der Waals surface area contributed by atoms with Crippen LogP contribution < -0.4 is 4.74 Å². The number of ether oxygens (including phenoxy) is 1. The first-order valence-corrected chi connectivity index (χ1v) is 6.44. The van der Waals surface area contributed by atoms with E-state index >= 15 is 0 Å². The molecule has 0 unspecified atom stereocenters. The number of fused-ring (bicyclic) bond motifs is 1. The number of carboxylic acids is 1. The summed E-state index contributed by atoms with van der Waals surface area (Å²) in [6, 6.07) is 12.6. The van der Waals surface area contributed by atoms with Crippen molar-refractivity contribution in [3.8, 4) is 5.75 Å². The van der Waals surface area contributed by atoms with E-state index in [0.717, 1.165) is 16.6 Å². The SMILES string of the molecule is Cc1ccc2cccc(OCc3ccc(C(=O)O)o3)c2n1. The monoisotopic (exact) mass is 283 g/mol. The number of hydrogen-bond donors (Lipinski definition) is 1. The third-order valence-electron chi connectivity index (χ3n) is 3.06. The summed E-state index contributed by atoms with van der Waals surface area (Å²) >= 11 is 0. The summed E-state index contributed by atoms with van der Waals surface area (Å²) in [5.41, 5.74) is 1.69. The second kappa shape index (κ2) is 5.28. The zero-order chi connectivity index (χ0) is 14.8. The van der Waals surface area contributed by atoms with Crippen molar-refractivity contribution in [3.63, 3.8) is 0 Å². The van der Waals surface area contributed by atoms with E-state index in [2.05, 4.69) is 4.98 Å². The first-order chi connectivity index (χ1) is 10.1. The molecule has 106 valence electrons. The Morgan fingerprint density at radius 3 is 2.86 bits per heavy atom. The predicted octanol–water partition coefficient (Wildman–Crippen LogP) is 3.41. The summed E-state index contributed by atoms with van der Waals surface area (Å²) in [4.78, 5) is 15.2. The average Bonchev–Trinajstić information content (AvgIpc) is 2.94. The van der Waals surface area contributed by atoms with Crippen LogP contribution in [0.15, 0.2) is 46.9 Å². The summed E-state index contributed by atoms with van der Waals surface area (Å²) in [7, 11) is 0. The molecule has 21 heavy (non-hydrogen) atoms. The largest absolute Gasteiger partial charge is 0.483 e. The van der Waals surface area contributed by atoms with E-state index in [1.165, 1.54) is 6.07 Å². The lowest BCUT2D eigenvalue weighted by molar-refractivity contribution is 0.0658. The maximum atomic E-state index is 10.8. The molecule has 5 heteroatoms. The first kappa shape index (κ1) is 13.2. The lowest BCUT2D eigenvalue weighted by Gasteiger charge is -2.07. The van der Waals surface area contributed by atoms with Gasteiger partial charge in [0.05, 0.1) is 0 Å². The van der Waals surface area contributed by atoms with Crippen molar-refractivity contribution in [1.82, 2.24) is 4.98 Å². The predicted molar refractivity (Wildman–Crippen MR) is 76.5 cm³/mol. The van der Waals surface area contributed by atoms with Crippen LogP contribution in [0.1, 0.15) is 22.0 Å². The summed E-state index contributed by atoms with van der Waals surface area (Å²) in [5, 5.41) is 9.80. The number of aryl methyl sites for hydroxylation is 1. The number of para-hydroxylation sites is 1. The molecule has 0 bridgehead atoms. The molecule has 0 saturated carbocycles. The van der Waals surface area contributed by atoms with Crippen LogP contribution >= 0.6 is 0 Å². The van der Waals surface area contributed by atoms with Crippen LogP contribution in [-0.2, 0) is 6.61 Å². The Morgan fingerprint density at radius 2 is 2.10 bits per heavy atom. The van der Waals surface area contributed by atoms with E-state index in [9.17, 15) is 4.79 Å². The fraction of sp³-hybridized carbons (Fsp3) is 0.125. The fourth-order valence-electron chi connectivity index (χ4n) is 2.05. The summed E-state index contributed by atoms with van der Waals surface area (Å²) in [6.45, 7) is 2.07. The number of pyridine rings is 1. The zero-order valence-electron chi connectivity index (χ0n) is 11.4. The highest BCUT2D eigenvalue weighted by Gasteiger charge is 2.10. The van der Waals surface area contributed by atoms with Crippen molar-refractivity contribution >= 4 is 16.9 Å². The molecule has 2 aromatic heterocycles. The van der Waals surface area contributed by atoms with Gasteiger partial charge in [0.15, 0.2) is 0 Å². The van der Waals surface area contributed by atoms with E-state index in [1.54, 1.807) is 6.07 Å². The second-order valence-corrected chi connectivity index (χ2v) is 4.64. The van der Waals surface area contributed by atoms with Gasteiger partial charge in [0.1, 0.15) is 23.6 Å². The fourth-order valence-corrected chi connectivity index (χ4v) is 2.05. The van der Waals surface area contributed by atoms with Gasteiger partial charge in [-0.15, -0.1) is 0 Å². The minimum Gasteiger partial charge on any atom is -0.483 e. The molecule has 2 heterocycles. The number of benzene rings is 1. The Balaban J connectivity index is 1.84. The molecule has 0 aliphatic rings. The van der Waals surface area contributed by atoms with Gasteiger partial charge < -0.3 is 14.3 Å². The molecule has 0 saturated heterocycles. The quantitative estimate of drug-likeness (QED) is 0.794. The molecule has 0 fully saturated rings. The molecule has 1 N–H and O–H groups in total. The van der Waals surface area contributed by atoms with Gasteiger partial charge in [-0.25, -0.2) is 9.78 Å². The summed E-state index contributed by atoms with van der Waals surface area (Å²) in [5.74, 6) is -0.0919. The topological polar surface area (TPSA) is 72.6 Å². The standard InChI is InChI=1S/C16H13NO4/c1-10-5-6-11-3-2-4-13(15(11)17-10)20-9-12-7-8-14(21-12)16(18)19/h2-8H,9H2,1H3,(H,18,19). The molecule has 0 amide bonds. The number of aromatic carboxylic acids is 1. The molecule has 0 spiro atoms. The highest BCUT2D eigenvalue weighted by Crippen LogP contribution is 2.25. The third-order valence-corrected chi connectivity index (χ3v) is 3.06. The van der Waals surface area contributed by atoms with Crippen LogP contribution in [0.3, 0.4) is 0 Å². The molecule has 1 aromatic carbocycles. The van der Waals surface area contributed by atoms with E-state index in [4.69, 9.17) is 14.3 Å². The number of hydrogen-bond acceptors (Lipinski definition) is 4. The highest BCUT2D eigenvalue weighted by molar-refractivity contribution is 5.85. The van der Waals surface area contributed by atoms with Crippen LogP contribution in [0.25, 0.3) is 10.9 Å². The minimum atomic E-state index is -1.09. The van der Waals surface area contributed by atoms with Crippen LogP contribution in [0.4, 0.5) is 0 Å². The van der Waals surface area contributed by atoms with Crippen molar-refractivity contribution in [2.45, 2.75) is 13.5 Å². The average molecular weight is 283 g/mol. The third kappa shape index (κ3) is 2.72. The molecule has 0 atom stereocenters. The van der Waals surface area contributed by atoms with Gasteiger partial charge in [0.25, 0.3) is 0 Å². The molecule has 5 nitrogen and oxygen atoms in total. The van der Waals surface area contributed by atoms with Crippen LogP contribution in [0.5, 0.6) is 5.75 Å². The van der Waals surface area contributed by atoms with E-state index in [0.29, 0.717) is 11.5 Å². The van der Waals surface area contributed by atoms with E-state index < -0.39 is 5.97 Å². The minimum absolute atomic E-state index is 0.0968. The molecule has 0 radical (unpaired) electrons. The van der Waals surface area contributed by atoms with Gasteiger partial charge in [-0.3, -0.25) is 0 Å². The van der Waals surface area contributed by atoms with Crippen molar-refractivity contribution < 1.29 is 19.1 Å². The Bertz CT molecular complexity index is 807. The highest BCUT2D eigenvalue weighted by atomic mass is 16.5. The van der Waals surface area contributed by atoms with Gasteiger partial charge in [-0.05, 0) is 31.2 Å². The molecule has 0 aliphatic heterocycles. The van der Waals surface area contributed by atoms with Gasteiger partial charge >= 0.3 is 5.97 Å². The number of nitrogens with zero attached hydrogens (tertiary/aromatic N) is 1. The second-order valence-electron chi connectivity index (χ2n) is 4.64. The Hall–Kier alpha value is -2.82. The van der Waals surface area contributed by atoms with E-state index in [1.807, 2.05) is 37.3 Å². The summed E-state index contributed by atoms with van der Waals surface area (Å²) < 4.78 is 10.9. The number of carboxylic acid groups (broad SMARTS) is 1. The van der Waals surface area contributed by atoms with Crippen LogP contribution in [0, 0.1) is 6.92 Å². The van der Waals surface area contributed by atoms with Crippen molar-refractivity contribution in [3.05, 3.63) is 59.7 Å². The van der Waals surface area contributed by atoms with Crippen LogP contribution in [0.2, 0.25) is 0 Å². The Kier molecular flexibility index (Phi) is 3.31.